The summed E-state index contributed by atoms with van der Waals surface area (Å²) in [6.07, 6.45) is -0.0519. The number of cyclic esters (lactones) is 1. The van der Waals surface area contributed by atoms with Gasteiger partial charge in [-0.25, -0.2) is 4.79 Å². The fourth-order valence-electron chi connectivity index (χ4n) is 2.97. The van der Waals surface area contributed by atoms with Gasteiger partial charge in [-0.05, 0) is 18.4 Å². The molecule has 2 atom stereocenters. The zero-order valence-corrected chi connectivity index (χ0v) is 15.8. The lowest BCUT2D eigenvalue weighted by Crippen LogP contribution is -2.28. The van der Waals surface area contributed by atoms with Crippen molar-refractivity contribution in [3.05, 3.63) is 35.9 Å². The van der Waals surface area contributed by atoms with Crippen molar-refractivity contribution in [2.75, 3.05) is 13.7 Å². The van der Waals surface area contributed by atoms with Gasteiger partial charge in [0.25, 0.3) is 0 Å². The van der Waals surface area contributed by atoms with E-state index in [1.807, 2.05) is 30.3 Å². The van der Waals surface area contributed by atoms with E-state index in [-0.39, 0.29) is 31.7 Å². The van der Waals surface area contributed by atoms with E-state index >= 15 is 0 Å². The van der Waals surface area contributed by atoms with Crippen LogP contribution in [0.4, 0.5) is 4.79 Å². The number of carbonyl (C=O) groups excluding carboxylic acids is 4. The van der Waals surface area contributed by atoms with Crippen LogP contribution >= 0.6 is 0 Å². The van der Waals surface area contributed by atoms with E-state index in [9.17, 15) is 19.2 Å². The second-order valence-electron chi connectivity index (χ2n) is 6.51. The van der Waals surface area contributed by atoms with E-state index in [1.165, 1.54) is 7.11 Å². The maximum absolute atomic E-state index is 12.3. The van der Waals surface area contributed by atoms with Crippen LogP contribution in [0, 0.1) is 5.92 Å². The fraction of sp³-hybridized carbons (Fsp3) is 0.500. The highest BCUT2D eigenvalue weighted by Gasteiger charge is 2.38. The Labute approximate surface area is 163 Å². The van der Waals surface area contributed by atoms with Crippen LogP contribution < -0.4 is 5.32 Å². The van der Waals surface area contributed by atoms with Crippen molar-refractivity contribution in [2.45, 2.75) is 44.8 Å². The van der Waals surface area contributed by atoms with Crippen LogP contribution in [0.2, 0.25) is 0 Å². The molecule has 1 amide bonds. The average Bonchev–Trinajstić information content (AvgIpc) is 3.08. The molecule has 8 heteroatoms. The minimum absolute atomic E-state index is 0.0123. The third-order valence-corrected chi connectivity index (χ3v) is 4.48. The summed E-state index contributed by atoms with van der Waals surface area (Å²) in [5.74, 6) is -1.62. The number of hydrogen-bond donors (Lipinski definition) is 1. The van der Waals surface area contributed by atoms with Crippen molar-refractivity contribution >= 4 is 23.8 Å². The highest BCUT2D eigenvalue weighted by atomic mass is 16.6. The molecule has 2 rings (SSSR count). The molecule has 152 valence electrons. The third kappa shape index (κ3) is 7.02. The number of methoxy groups -OCH3 is 1. The lowest BCUT2D eigenvalue weighted by molar-refractivity contribution is -0.143. The van der Waals surface area contributed by atoms with E-state index in [4.69, 9.17) is 9.47 Å². The molecule has 1 aliphatic heterocycles. The van der Waals surface area contributed by atoms with E-state index < -0.39 is 30.1 Å². The minimum Gasteiger partial charge on any atom is -0.469 e. The topological polar surface area (TPSA) is 108 Å². The smallest absolute Gasteiger partial charge is 0.407 e. The van der Waals surface area contributed by atoms with Crippen LogP contribution in [-0.2, 0) is 35.2 Å². The van der Waals surface area contributed by atoms with Gasteiger partial charge in [0.1, 0.15) is 18.5 Å². The standard InChI is InChI=1S/C20H25NO7/c1-26-18(23)10-9-16(22)15-12-19(24)28-17(15)8-5-11-21-20(25)27-13-14-6-3-2-4-7-14/h2-4,6-7,15,17H,5,8-13H2,1H3,(H,21,25)/t15-,17-/m1/s1. The molecule has 1 heterocycles. The molecule has 8 nitrogen and oxygen atoms in total. The van der Waals surface area contributed by atoms with Gasteiger partial charge in [0.15, 0.2) is 0 Å². The van der Waals surface area contributed by atoms with Gasteiger partial charge in [-0.1, -0.05) is 30.3 Å². The Morgan fingerprint density at radius 3 is 2.64 bits per heavy atom. The van der Waals surface area contributed by atoms with Crippen LogP contribution in [0.15, 0.2) is 30.3 Å². The summed E-state index contributed by atoms with van der Waals surface area (Å²) in [4.78, 5) is 46.7. The van der Waals surface area contributed by atoms with Crippen molar-refractivity contribution in [1.82, 2.24) is 5.32 Å². The molecule has 1 aliphatic rings. The summed E-state index contributed by atoms with van der Waals surface area (Å²) < 4.78 is 14.8. The summed E-state index contributed by atoms with van der Waals surface area (Å²) in [5.41, 5.74) is 0.892. The quantitative estimate of drug-likeness (QED) is 0.370. The summed E-state index contributed by atoms with van der Waals surface area (Å²) in [6, 6.07) is 9.33. The Balaban J connectivity index is 1.67. The largest absolute Gasteiger partial charge is 0.469 e. The zero-order valence-electron chi connectivity index (χ0n) is 15.8. The van der Waals surface area contributed by atoms with Crippen LogP contribution in [0.1, 0.15) is 37.7 Å². The molecule has 0 radical (unpaired) electrons. The SMILES string of the molecule is COC(=O)CCC(=O)[C@H]1CC(=O)O[C@@H]1CCCNC(=O)OCc1ccccc1. The van der Waals surface area contributed by atoms with Crippen molar-refractivity contribution in [3.63, 3.8) is 0 Å². The molecule has 0 spiro atoms. The number of esters is 2. The Morgan fingerprint density at radius 1 is 1.18 bits per heavy atom. The predicted octanol–water partition coefficient (Wildman–Crippen LogP) is 2.15. The maximum atomic E-state index is 12.3. The Hall–Kier alpha value is -2.90. The molecule has 1 aromatic rings. The molecule has 1 fully saturated rings. The lowest BCUT2D eigenvalue weighted by Gasteiger charge is -2.16. The van der Waals surface area contributed by atoms with Gasteiger partial charge in [-0.3, -0.25) is 14.4 Å². The average molecular weight is 391 g/mol. The van der Waals surface area contributed by atoms with Gasteiger partial charge < -0.3 is 19.5 Å². The first-order valence-electron chi connectivity index (χ1n) is 9.23. The van der Waals surface area contributed by atoms with Crippen LogP contribution in [0.5, 0.6) is 0 Å². The first kappa shape index (κ1) is 21.4. The summed E-state index contributed by atoms with van der Waals surface area (Å²) in [6.45, 7) is 0.522. The van der Waals surface area contributed by atoms with Gasteiger partial charge in [-0.2, -0.15) is 0 Å². The van der Waals surface area contributed by atoms with Crippen LogP contribution in [0.25, 0.3) is 0 Å². The molecule has 0 saturated carbocycles. The molecule has 0 bridgehead atoms. The number of nitrogens with one attached hydrogen (secondary N) is 1. The number of hydrogen-bond acceptors (Lipinski definition) is 7. The van der Waals surface area contributed by atoms with E-state index in [2.05, 4.69) is 10.1 Å². The molecule has 0 aromatic heterocycles. The van der Waals surface area contributed by atoms with Crippen molar-refractivity contribution < 1.29 is 33.4 Å². The third-order valence-electron chi connectivity index (χ3n) is 4.48. The highest BCUT2D eigenvalue weighted by molar-refractivity contribution is 5.90. The fourth-order valence-corrected chi connectivity index (χ4v) is 2.97. The van der Waals surface area contributed by atoms with Crippen molar-refractivity contribution in [1.29, 1.82) is 0 Å². The Kier molecular flexibility index (Phi) is 8.45. The number of rotatable bonds is 10. The lowest BCUT2D eigenvalue weighted by atomic mass is 9.91. The van der Waals surface area contributed by atoms with Gasteiger partial charge in [-0.15, -0.1) is 0 Å². The van der Waals surface area contributed by atoms with E-state index in [0.717, 1.165) is 5.56 Å². The first-order chi connectivity index (χ1) is 13.5. The molecular weight excluding hydrogens is 366 g/mol. The molecule has 28 heavy (non-hydrogen) atoms. The van der Waals surface area contributed by atoms with Crippen LogP contribution in [-0.4, -0.2) is 43.6 Å². The summed E-state index contributed by atoms with van der Waals surface area (Å²) >= 11 is 0. The maximum Gasteiger partial charge on any atom is 0.407 e. The van der Waals surface area contributed by atoms with Crippen molar-refractivity contribution in [2.24, 2.45) is 5.92 Å². The summed E-state index contributed by atoms with van der Waals surface area (Å²) in [5, 5.41) is 2.63. The predicted molar refractivity (Wildman–Crippen MR) is 98.1 cm³/mol. The summed E-state index contributed by atoms with van der Waals surface area (Å²) in [7, 11) is 1.26. The Morgan fingerprint density at radius 2 is 1.93 bits per heavy atom. The second-order valence-corrected chi connectivity index (χ2v) is 6.51. The number of benzene rings is 1. The number of amides is 1. The second kappa shape index (κ2) is 11.1. The van der Waals surface area contributed by atoms with Crippen LogP contribution in [0.3, 0.4) is 0 Å². The van der Waals surface area contributed by atoms with Gasteiger partial charge >= 0.3 is 18.0 Å². The zero-order chi connectivity index (χ0) is 20.4. The number of ether oxygens (including phenoxy) is 3. The number of ketones is 1. The molecule has 1 saturated heterocycles. The molecule has 1 N–H and O–H groups in total. The first-order valence-corrected chi connectivity index (χ1v) is 9.23. The van der Waals surface area contributed by atoms with Gasteiger partial charge in [0, 0.05) is 13.0 Å². The number of Topliss-reactive ketones (excluding diaryl/α,β-unsaturated/α-hetero) is 1. The van der Waals surface area contributed by atoms with Crippen molar-refractivity contribution in [3.8, 4) is 0 Å². The molecule has 0 aliphatic carbocycles. The Bertz CT molecular complexity index is 689. The molecular formula is C20H25NO7. The normalized spacial score (nSPS) is 18.2. The minimum atomic E-state index is -0.554. The highest BCUT2D eigenvalue weighted by Crippen LogP contribution is 2.27. The van der Waals surface area contributed by atoms with Gasteiger partial charge in [0.05, 0.1) is 25.9 Å². The molecule has 1 aromatic carbocycles. The van der Waals surface area contributed by atoms with E-state index in [0.29, 0.717) is 19.4 Å². The monoisotopic (exact) mass is 391 g/mol. The van der Waals surface area contributed by atoms with E-state index in [1.54, 1.807) is 0 Å². The number of carbonyl (C=O) groups is 4. The van der Waals surface area contributed by atoms with Gasteiger partial charge in [0.2, 0.25) is 0 Å². The molecule has 0 unspecified atom stereocenters. The number of alkyl carbamates (subject to hydrolysis) is 1.